The topological polar surface area (TPSA) is 239 Å². The summed E-state index contributed by atoms with van der Waals surface area (Å²) in [4.78, 5) is 51.8. The van der Waals surface area contributed by atoms with Crippen LogP contribution < -0.4 is 15.9 Å². The zero-order valence-corrected chi connectivity index (χ0v) is 32.2. The van der Waals surface area contributed by atoms with E-state index in [0.717, 1.165) is 68.0 Å². The van der Waals surface area contributed by atoms with E-state index in [1.165, 1.54) is 12.1 Å². The Kier molecular flexibility index (Phi) is 21.0. The van der Waals surface area contributed by atoms with E-state index in [9.17, 15) is 27.6 Å². The summed E-state index contributed by atoms with van der Waals surface area (Å²) >= 11 is 5.41. The molecule has 0 atom stereocenters. The van der Waals surface area contributed by atoms with Crippen LogP contribution in [0.3, 0.4) is 0 Å². The van der Waals surface area contributed by atoms with Crippen LogP contribution in [0, 0.1) is 6.92 Å². The normalized spacial score (nSPS) is 10.9. The first-order chi connectivity index (χ1) is 25.0. The summed E-state index contributed by atoms with van der Waals surface area (Å²) in [5, 5.41) is 23.8. The van der Waals surface area contributed by atoms with Gasteiger partial charge in [0.15, 0.2) is 0 Å². The number of carbonyl (C=O) groups excluding carboxylic acids is 4. The van der Waals surface area contributed by atoms with Crippen molar-refractivity contribution in [2.24, 2.45) is 5.14 Å². The number of hydrogen-bond acceptors (Lipinski definition) is 12. The summed E-state index contributed by atoms with van der Waals surface area (Å²) in [6.07, 6.45) is 3.55. The molecule has 0 aliphatic rings. The zero-order valence-electron chi connectivity index (χ0n) is 28.7. The van der Waals surface area contributed by atoms with E-state index in [1.54, 1.807) is 16.8 Å². The van der Waals surface area contributed by atoms with E-state index < -0.39 is 40.8 Å². The molecule has 3 aromatic rings. The summed E-state index contributed by atoms with van der Waals surface area (Å²) in [6.45, 7) is 3.25. The number of nitrogens with two attached hydrogens (primary N) is 1. The van der Waals surface area contributed by atoms with Crippen LogP contribution in [0.5, 0.6) is 0 Å². The monoisotopic (exact) mass is 839 g/mol. The van der Waals surface area contributed by atoms with Gasteiger partial charge in [-0.1, -0.05) is 49.5 Å². The number of primary sulfonamides is 1. The number of benzene rings is 2. The van der Waals surface area contributed by atoms with E-state index in [-0.39, 0.29) is 29.6 Å². The van der Waals surface area contributed by atoms with E-state index in [4.69, 9.17) is 18.6 Å². The first-order valence-corrected chi connectivity index (χ1v) is 19.1. The first-order valence-electron chi connectivity index (χ1n) is 16.2. The van der Waals surface area contributed by atoms with Crippen LogP contribution in [0.25, 0.3) is 32.9 Å². The second-order valence-electron chi connectivity index (χ2n) is 11.2. The van der Waals surface area contributed by atoms with Crippen LogP contribution in [-0.2, 0) is 75.6 Å². The van der Waals surface area contributed by atoms with Gasteiger partial charge in [0.2, 0.25) is 10.0 Å². The molecule has 0 radical (unpaired) electrons. The number of Topliss-reactive ketones (excluding diaryl/α,β-unsaturated/α-hetero) is 1. The molecular formula is C33H42N8O8S2Tc. The number of aromatic nitrogens is 2. The predicted octanol–water partition coefficient (Wildman–Crippen LogP) is 2.75. The molecule has 2 aromatic carbocycles. The fourth-order valence-electron chi connectivity index (χ4n) is 4.46. The van der Waals surface area contributed by atoms with Crippen molar-refractivity contribution in [1.82, 2.24) is 20.6 Å². The molecule has 0 aliphatic heterocycles. The molecule has 0 saturated carbocycles. The number of hydroxylamine groups is 1. The number of rotatable bonds is 23. The Morgan fingerprint density at radius 2 is 1.42 bits per heavy atom. The number of nitrogens with zero attached hydrogens (tertiary/aromatic N) is 5. The summed E-state index contributed by atoms with van der Waals surface area (Å²) < 4.78 is 33.3. The molecule has 0 unspecified atom stereocenters. The fraction of sp³-hybridized carbons (Fsp3) is 0.424. The van der Waals surface area contributed by atoms with Gasteiger partial charge >= 0.3 is 22.4 Å². The van der Waals surface area contributed by atoms with Crippen molar-refractivity contribution in [3.63, 3.8) is 0 Å². The standard InChI is InChI=1S/C33H46N8O7S2.O.Tc/c1-24-7-9-25(10-8-24)30-18-26(40-41(30)27-11-13-29(14-12-27)50(34,46)47)22-48-39-17-5-4-16-35-15-3-2-6-28(42)19-36-31(43)20-37-32(44)21-38-33(45)23-49;;/h7-14,18,35,39H,2-6,15-17,19-23H2,1H3,(H6,34,36,37,38,43,44,45,46,47,49);;/q;;+4/p-4. The second kappa shape index (κ2) is 24.5. The Morgan fingerprint density at radius 3 is 2.04 bits per heavy atom. The summed E-state index contributed by atoms with van der Waals surface area (Å²) in [6, 6.07) is 16.2. The van der Waals surface area contributed by atoms with Crippen molar-refractivity contribution in [3.05, 3.63) is 81.8 Å². The van der Waals surface area contributed by atoms with E-state index in [2.05, 4.69) is 39.4 Å². The molecule has 1 aromatic heterocycles. The van der Waals surface area contributed by atoms with Crippen LogP contribution >= 0.6 is 0 Å². The quantitative estimate of drug-likeness (QED) is 0.0710. The Balaban J connectivity index is 0.00000460. The van der Waals surface area contributed by atoms with Crippen LogP contribution in [0.2, 0.25) is 0 Å². The average Bonchev–Trinajstić information content (AvgIpc) is 3.57. The van der Waals surface area contributed by atoms with Crippen molar-refractivity contribution in [2.45, 2.75) is 50.5 Å². The van der Waals surface area contributed by atoms with Gasteiger partial charge in [-0.05, 0) is 76.0 Å². The van der Waals surface area contributed by atoms with E-state index in [1.807, 2.05) is 37.3 Å². The van der Waals surface area contributed by atoms with Gasteiger partial charge in [-0.25, -0.2) is 23.7 Å². The molecule has 16 nitrogen and oxygen atoms in total. The molecule has 52 heavy (non-hydrogen) atoms. The molecule has 4 N–H and O–H groups in total. The molecule has 0 saturated heterocycles. The average molecular weight is 841 g/mol. The van der Waals surface area contributed by atoms with Crippen LogP contribution in [-0.4, -0.2) is 86.7 Å². The van der Waals surface area contributed by atoms with Crippen LogP contribution in [0.4, 0.5) is 0 Å². The number of aryl methyl sites for hydroxylation is 1. The molecule has 1 heterocycles. The summed E-state index contributed by atoms with van der Waals surface area (Å²) in [5.41, 5.74) is 7.25. The third kappa shape index (κ3) is 17.2. The minimum atomic E-state index is -3.81. The number of unbranched alkanes of at least 4 members (excludes halogenated alkanes) is 2. The maximum atomic E-state index is 12.0. The van der Waals surface area contributed by atoms with Crippen molar-refractivity contribution < 1.29 is 54.8 Å². The Hall–Kier alpha value is -3.68. The number of sulfonamides is 1. The molecule has 0 spiro atoms. The third-order valence-corrected chi connectivity index (χ3v) is 8.29. The summed E-state index contributed by atoms with van der Waals surface area (Å²) in [7, 11) is -3.81. The third-order valence-electron chi connectivity index (χ3n) is 7.12. The van der Waals surface area contributed by atoms with Crippen molar-refractivity contribution in [3.8, 4) is 16.9 Å². The maximum absolute atomic E-state index is 12.0. The molecular weight excluding hydrogens is 799 g/mol. The summed E-state index contributed by atoms with van der Waals surface area (Å²) in [5.74, 6) is -2.39. The molecule has 0 aliphatic carbocycles. The molecule has 0 fully saturated rings. The SMILES string of the molecule is Cc1ccc(-c2cc(CONCCCCNCCCCC(=O)C[N-]C(=O)C[N-]C(=O)C[N-]C(=O)C[S-])nn2-c2ccc(S(N)(=O)=O)cc2)cc1.[O]=[Tc+4]. The number of carbonyl (C=O) groups is 4. The van der Waals surface area contributed by atoms with E-state index >= 15 is 0 Å². The number of ketones is 1. The fourth-order valence-corrected chi connectivity index (χ4v) is 5.07. The zero-order chi connectivity index (χ0) is 38.4. The van der Waals surface area contributed by atoms with E-state index in [0.29, 0.717) is 30.8 Å². The van der Waals surface area contributed by atoms with Gasteiger partial charge < -0.3 is 53.1 Å². The van der Waals surface area contributed by atoms with Gasteiger partial charge in [0.05, 0.1) is 22.0 Å². The van der Waals surface area contributed by atoms with Crippen LogP contribution in [0.15, 0.2) is 59.5 Å². The second-order valence-corrected chi connectivity index (χ2v) is 13.1. The van der Waals surface area contributed by atoms with Crippen molar-refractivity contribution in [1.29, 1.82) is 0 Å². The van der Waals surface area contributed by atoms with Crippen molar-refractivity contribution >= 4 is 46.2 Å². The number of nitrogens with one attached hydrogen (secondary N) is 2. The Labute approximate surface area is 319 Å². The van der Waals surface area contributed by atoms with Gasteiger partial charge in [0, 0.05) is 36.3 Å². The number of amides is 3. The van der Waals surface area contributed by atoms with Gasteiger partial charge in [-0.3, -0.25) is 4.84 Å². The van der Waals surface area contributed by atoms with Gasteiger partial charge in [-0.15, -0.1) is 5.75 Å². The van der Waals surface area contributed by atoms with Gasteiger partial charge in [-0.2, -0.15) is 5.10 Å². The molecule has 19 heteroatoms. The number of hydrogen-bond donors (Lipinski definition) is 3. The Morgan fingerprint density at radius 1 is 0.846 bits per heavy atom. The van der Waals surface area contributed by atoms with Crippen molar-refractivity contribution in [2.75, 3.05) is 45.0 Å². The molecule has 0 bridgehead atoms. The molecule has 281 valence electrons. The molecule has 3 rings (SSSR count). The Bertz CT molecular complexity index is 1690. The molecule has 3 amide bonds. The van der Waals surface area contributed by atoms with Gasteiger partial charge in [0.1, 0.15) is 12.4 Å². The minimum absolute atomic E-state index is 0.0227. The van der Waals surface area contributed by atoms with Crippen LogP contribution in [0.1, 0.15) is 43.4 Å². The van der Waals surface area contributed by atoms with Gasteiger partial charge in [0.25, 0.3) is 0 Å². The predicted molar refractivity (Wildman–Crippen MR) is 191 cm³/mol. The first kappa shape index (κ1) is 44.5.